The lowest BCUT2D eigenvalue weighted by Gasteiger charge is -2.15. The summed E-state index contributed by atoms with van der Waals surface area (Å²) in [7, 11) is 0. The Hall–Kier alpha value is -1.43. The highest BCUT2D eigenvalue weighted by molar-refractivity contribution is 7.19. The SMILES string of the molecule is NNC(C1=CCCO1)c1cc2ccc(F)cc2s1. The molecule has 18 heavy (non-hydrogen) atoms. The molecule has 1 aromatic carbocycles. The molecule has 2 aromatic rings. The maximum absolute atomic E-state index is 13.2. The second-order valence-electron chi connectivity index (χ2n) is 4.17. The number of hydrogen-bond donors (Lipinski definition) is 2. The van der Waals surface area contributed by atoms with Gasteiger partial charge in [-0.15, -0.1) is 11.3 Å². The van der Waals surface area contributed by atoms with Crippen molar-refractivity contribution in [3.05, 3.63) is 46.8 Å². The van der Waals surface area contributed by atoms with Gasteiger partial charge in [0.15, 0.2) is 0 Å². The number of nitrogens with one attached hydrogen (secondary N) is 1. The van der Waals surface area contributed by atoms with E-state index in [1.807, 2.05) is 12.1 Å². The van der Waals surface area contributed by atoms with Crippen molar-refractivity contribution in [1.82, 2.24) is 5.43 Å². The summed E-state index contributed by atoms with van der Waals surface area (Å²) in [6, 6.07) is 6.66. The van der Waals surface area contributed by atoms with Gasteiger partial charge < -0.3 is 4.74 Å². The van der Waals surface area contributed by atoms with E-state index in [9.17, 15) is 4.39 Å². The number of fused-ring (bicyclic) bond motifs is 1. The molecule has 5 heteroatoms. The molecule has 0 saturated heterocycles. The molecule has 0 amide bonds. The molecule has 94 valence electrons. The van der Waals surface area contributed by atoms with Crippen LogP contribution in [0.2, 0.25) is 0 Å². The van der Waals surface area contributed by atoms with E-state index in [2.05, 4.69) is 5.43 Å². The number of hydrazine groups is 1. The van der Waals surface area contributed by atoms with Gasteiger partial charge in [-0.1, -0.05) is 6.07 Å². The zero-order valence-electron chi connectivity index (χ0n) is 9.65. The van der Waals surface area contributed by atoms with Crippen molar-refractivity contribution in [2.24, 2.45) is 5.84 Å². The van der Waals surface area contributed by atoms with Gasteiger partial charge in [0.25, 0.3) is 0 Å². The Morgan fingerprint density at radius 2 is 2.28 bits per heavy atom. The van der Waals surface area contributed by atoms with Crippen LogP contribution < -0.4 is 11.3 Å². The number of nitrogens with two attached hydrogens (primary N) is 1. The second-order valence-corrected chi connectivity index (χ2v) is 5.29. The first-order valence-electron chi connectivity index (χ1n) is 5.76. The Bertz CT molecular complexity index is 608. The highest BCUT2D eigenvalue weighted by Crippen LogP contribution is 2.34. The van der Waals surface area contributed by atoms with Crippen LogP contribution in [0.25, 0.3) is 10.1 Å². The molecule has 1 atom stereocenters. The summed E-state index contributed by atoms with van der Waals surface area (Å²) in [4.78, 5) is 1.03. The lowest BCUT2D eigenvalue weighted by Crippen LogP contribution is -2.29. The minimum Gasteiger partial charge on any atom is -0.496 e. The minimum absolute atomic E-state index is 0.145. The van der Waals surface area contributed by atoms with E-state index in [0.29, 0.717) is 6.61 Å². The van der Waals surface area contributed by atoms with Crippen molar-refractivity contribution in [3.8, 4) is 0 Å². The van der Waals surface area contributed by atoms with Crippen molar-refractivity contribution in [2.75, 3.05) is 6.61 Å². The Labute approximate surface area is 108 Å². The van der Waals surface area contributed by atoms with E-state index in [-0.39, 0.29) is 11.9 Å². The van der Waals surface area contributed by atoms with Crippen LogP contribution in [0.4, 0.5) is 4.39 Å². The fourth-order valence-corrected chi connectivity index (χ4v) is 3.27. The van der Waals surface area contributed by atoms with Crippen molar-refractivity contribution in [3.63, 3.8) is 0 Å². The Morgan fingerprint density at radius 3 is 3.00 bits per heavy atom. The van der Waals surface area contributed by atoms with Gasteiger partial charge in [0.1, 0.15) is 17.6 Å². The van der Waals surface area contributed by atoms with Gasteiger partial charge in [-0.3, -0.25) is 5.84 Å². The Balaban J connectivity index is 2.01. The quantitative estimate of drug-likeness (QED) is 0.662. The first kappa shape index (κ1) is 11.6. The molecule has 1 aliphatic rings. The molecule has 1 unspecified atom stereocenters. The van der Waals surface area contributed by atoms with Crippen molar-refractivity contribution in [2.45, 2.75) is 12.5 Å². The standard InChI is InChI=1S/C13H13FN2OS/c14-9-4-3-8-6-12(18-11(8)7-9)13(16-15)10-2-1-5-17-10/h2-4,6-7,13,16H,1,5,15H2. The first-order valence-corrected chi connectivity index (χ1v) is 6.57. The Morgan fingerprint density at radius 1 is 1.39 bits per heavy atom. The van der Waals surface area contributed by atoms with Crippen molar-refractivity contribution >= 4 is 21.4 Å². The molecule has 3 rings (SSSR count). The van der Waals surface area contributed by atoms with E-state index >= 15 is 0 Å². The summed E-state index contributed by atoms with van der Waals surface area (Å²) in [5.74, 6) is 6.23. The number of halogens is 1. The molecule has 1 aliphatic heterocycles. The average molecular weight is 264 g/mol. The maximum Gasteiger partial charge on any atom is 0.124 e. The zero-order chi connectivity index (χ0) is 12.5. The number of thiophene rings is 1. The third-order valence-electron chi connectivity index (χ3n) is 2.97. The molecular formula is C13H13FN2OS. The molecule has 0 radical (unpaired) electrons. The fraction of sp³-hybridized carbons (Fsp3) is 0.231. The third kappa shape index (κ3) is 2.01. The minimum atomic E-state index is -0.218. The predicted octanol–water partition coefficient (Wildman–Crippen LogP) is 2.85. The normalized spacial score (nSPS) is 16.7. The smallest absolute Gasteiger partial charge is 0.124 e. The monoisotopic (exact) mass is 264 g/mol. The molecule has 3 N–H and O–H groups in total. The van der Waals surface area contributed by atoms with E-state index in [1.165, 1.54) is 17.4 Å². The molecule has 2 heterocycles. The van der Waals surface area contributed by atoms with Crippen molar-refractivity contribution < 1.29 is 9.13 Å². The summed E-state index contributed by atoms with van der Waals surface area (Å²) in [5, 5.41) is 1.02. The molecule has 1 aromatic heterocycles. The molecule has 0 bridgehead atoms. The van der Waals surface area contributed by atoms with E-state index in [4.69, 9.17) is 10.6 Å². The highest BCUT2D eigenvalue weighted by Gasteiger charge is 2.21. The van der Waals surface area contributed by atoms with Crippen LogP contribution in [0.3, 0.4) is 0 Å². The topological polar surface area (TPSA) is 47.3 Å². The van der Waals surface area contributed by atoms with E-state index < -0.39 is 0 Å². The van der Waals surface area contributed by atoms with Crippen LogP contribution in [-0.2, 0) is 4.74 Å². The zero-order valence-corrected chi connectivity index (χ0v) is 10.5. The molecule has 0 saturated carbocycles. The third-order valence-corrected chi connectivity index (χ3v) is 4.13. The Kier molecular flexibility index (Phi) is 3.03. The summed E-state index contributed by atoms with van der Waals surface area (Å²) in [6.07, 6.45) is 2.95. The van der Waals surface area contributed by atoms with E-state index in [0.717, 1.165) is 27.1 Å². The lowest BCUT2D eigenvalue weighted by atomic mass is 10.1. The van der Waals surface area contributed by atoms with Crippen LogP contribution in [0.15, 0.2) is 36.1 Å². The van der Waals surface area contributed by atoms with Gasteiger partial charge in [-0.25, -0.2) is 9.82 Å². The number of benzene rings is 1. The highest BCUT2D eigenvalue weighted by atomic mass is 32.1. The van der Waals surface area contributed by atoms with Crippen LogP contribution in [0.1, 0.15) is 17.3 Å². The molecule has 0 spiro atoms. The summed E-state index contributed by atoms with van der Waals surface area (Å²) in [6.45, 7) is 0.701. The molecule has 0 fully saturated rings. The molecule has 3 nitrogen and oxygen atoms in total. The predicted molar refractivity (Wildman–Crippen MR) is 70.5 cm³/mol. The molecular weight excluding hydrogens is 251 g/mol. The van der Waals surface area contributed by atoms with Crippen LogP contribution in [-0.4, -0.2) is 6.61 Å². The van der Waals surface area contributed by atoms with Crippen LogP contribution in [0, 0.1) is 5.82 Å². The summed E-state index contributed by atoms with van der Waals surface area (Å²) >= 11 is 1.53. The van der Waals surface area contributed by atoms with Gasteiger partial charge in [0.05, 0.1) is 6.61 Å². The summed E-state index contributed by atoms with van der Waals surface area (Å²) in [5.41, 5.74) is 2.76. The largest absolute Gasteiger partial charge is 0.496 e. The lowest BCUT2D eigenvalue weighted by molar-refractivity contribution is 0.216. The van der Waals surface area contributed by atoms with Crippen molar-refractivity contribution in [1.29, 1.82) is 0 Å². The average Bonchev–Trinajstić information content (AvgIpc) is 2.98. The van der Waals surface area contributed by atoms with E-state index in [1.54, 1.807) is 12.1 Å². The fourth-order valence-electron chi connectivity index (χ4n) is 2.11. The van der Waals surface area contributed by atoms with Crippen LogP contribution >= 0.6 is 11.3 Å². The molecule has 0 aliphatic carbocycles. The second kappa shape index (κ2) is 4.68. The van der Waals surface area contributed by atoms with Gasteiger partial charge in [-0.05, 0) is 29.7 Å². The summed E-state index contributed by atoms with van der Waals surface area (Å²) < 4.78 is 19.6. The van der Waals surface area contributed by atoms with Gasteiger partial charge in [-0.2, -0.15) is 0 Å². The maximum atomic E-state index is 13.2. The van der Waals surface area contributed by atoms with Gasteiger partial charge >= 0.3 is 0 Å². The van der Waals surface area contributed by atoms with Gasteiger partial charge in [0.2, 0.25) is 0 Å². The number of hydrogen-bond acceptors (Lipinski definition) is 4. The van der Waals surface area contributed by atoms with Crippen LogP contribution in [0.5, 0.6) is 0 Å². The first-order chi connectivity index (χ1) is 8.78. The van der Waals surface area contributed by atoms with Gasteiger partial charge in [0, 0.05) is 16.0 Å². The number of ether oxygens (including phenoxy) is 1. The number of rotatable bonds is 3.